The van der Waals surface area contributed by atoms with Crippen molar-refractivity contribution in [2.75, 3.05) is 16.8 Å². The molecule has 0 saturated carbocycles. The normalized spacial score (nSPS) is 11.9. The molecule has 0 aliphatic rings. The van der Waals surface area contributed by atoms with Gasteiger partial charge in [-0.2, -0.15) is 11.8 Å². The standard InChI is InChI=1S/C13H18N2O4S/c1-3-20-7-6-9(2)14-11-8-10(13(16)17)4-5-12(11)15(18)19/h4-5,8-9,14H,3,6-7H2,1-2H3,(H,16,17). The van der Waals surface area contributed by atoms with Crippen LogP contribution in [0, 0.1) is 10.1 Å². The Labute approximate surface area is 121 Å². The molecule has 0 heterocycles. The van der Waals surface area contributed by atoms with Crippen LogP contribution >= 0.6 is 11.8 Å². The molecule has 6 nitrogen and oxygen atoms in total. The first kappa shape index (κ1) is 16.3. The van der Waals surface area contributed by atoms with Crippen LogP contribution in [0.2, 0.25) is 0 Å². The first-order valence-electron chi connectivity index (χ1n) is 6.31. The van der Waals surface area contributed by atoms with E-state index in [4.69, 9.17) is 5.11 Å². The number of carbonyl (C=O) groups is 1. The topological polar surface area (TPSA) is 92.5 Å². The maximum Gasteiger partial charge on any atom is 0.335 e. The lowest BCUT2D eigenvalue weighted by Gasteiger charge is -2.15. The van der Waals surface area contributed by atoms with Crippen molar-refractivity contribution in [3.63, 3.8) is 0 Å². The number of benzene rings is 1. The fourth-order valence-electron chi connectivity index (χ4n) is 1.69. The van der Waals surface area contributed by atoms with Gasteiger partial charge in [0.2, 0.25) is 0 Å². The zero-order chi connectivity index (χ0) is 15.1. The van der Waals surface area contributed by atoms with E-state index in [1.54, 1.807) is 11.8 Å². The molecule has 1 rings (SSSR count). The maximum atomic E-state index is 11.0. The molecule has 1 aromatic carbocycles. The molecule has 0 amide bonds. The van der Waals surface area contributed by atoms with Crippen molar-refractivity contribution in [3.8, 4) is 0 Å². The van der Waals surface area contributed by atoms with E-state index in [9.17, 15) is 14.9 Å². The number of nitrogens with one attached hydrogen (secondary N) is 1. The SMILES string of the molecule is CCSCCC(C)Nc1cc(C(=O)O)ccc1[N+](=O)[O-]. The Morgan fingerprint density at radius 2 is 2.25 bits per heavy atom. The van der Waals surface area contributed by atoms with Crippen LogP contribution < -0.4 is 5.32 Å². The van der Waals surface area contributed by atoms with Gasteiger partial charge in [-0.3, -0.25) is 10.1 Å². The Bertz CT molecular complexity index is 493. The highest BCUT2D eigenvalue weighted by Crippen LogP contribution is 2.26. The monoisotopic (exact) mass is 298 g/mol. The molecule has 1 atom stereocenters. The average Bonchev–Trinajstić information content (AvgIpc) is 2.38. The van der Waals surface area contributed by atoms with E-state index in [1.807, 2.05) is 6.92 Å². The van der Waals surface area contributed by atoms with E-state index in [0.29, 0.717) is 0 Å². The molecule has 0 aliphatic carbocycles. The Balaban J connectivity index is 2.87. The molecular formula is C13H18N2O4S. The fourth-order valence-corrected chi connectivity index (χ4v) is 2.49. The van der Waals surface area contributed by atoms with Crippen molar-refractivity contribution >= 4 is 29.1 Å². The summed E-state index contributed by atoms with van der Waals surface area (Å²) in [6.07, 6.45) is 0.854. The maximum absolute atomic E-state index is 11.0. The molecule has 0 bridgehead atoms. The minimum Gasteiger partial charge on any atom is -0.478 e. The van der Waals surface area contributed by atoms with E-state index in [0.717, 1.165) is 17.9 Å². The largest absolute Gasteiger partial charge is 0.478 e. The zero-order valence-corrected chi connectivity index (χ0v) is 12.3. The summed E-state index contributed by atoms with van der Waals surface area (Å²) in [6.45, 7) is 4.00. The minimum absolute atomic E-state index is 0.0354. The van der Waals surface area contributed by atoms with Crippen LogP contribution in [0.25, 0.3) is 0 Å². The van der Waals surface area contributed by atoms with E-state index in [-0.39, 0.29) is 23.0 Å². The van der Waals surface area contributed by atoms with Gasteiger partial charge < -0.3 is 10.4 Å². The number of hydrogen-bond acceptors (Lipinski definition) is 5. The highest BCUT2D eigenvalue weighted by molar-refractivity contribution is 7.99. The highest BCUT2D eigenvalue weighted by Gasteiger charge is 2.17. The molecule has 0 fully saturated rings. The number of anilines is 1. The first-order valence-corrected chi connectivity index (χ1v) is 7.47. The molecule has 110 valence electrons. The summed E-state index contributed by atoms with van der Waals surface area (Å²) in [7, 11) is 0. The van der Waals surface area contributed by atoms with Gasteiger partial charge in [0.25, 0.3) is 5.69 Å². The van der Waals surface area contributed by atoms with Crippen LogP contribution in [-0.4, -0.2) is 33.5 Å². The van der Waals surface area contributed by atoms with Crippen LogP contribution in [-0.2, 0) is 0 Å². The molecule has 0 spiro atoms. The Morgan fingerprint density at radius 3 is 2.80 bits per heavy atom. The third kappa shape index (κ3) is 4.73. The van der Waals surface area contributed by atoms with Gasteiger partial charge in [0, 0.05) is 12.1 Å². The molecule has 7 heteroatoms. The number of rotatable bonds is 8. The number of thioether (sulfide) groups is 1. The van der Waals surface area contributed by atoms with E-state index in [2.05, 4.69) is 12.2 Å². The smallest absolute Gasteiger partial charge is 0.335 e. The van der Waals surface area contributed by atoms with Gasteiger partial charge in [-0.15, -0.1) is 0 Å². The number of hydrogen-bond donors (Lipinski definition) is 2. The first-order chi connectivity index (χ1) is 9.45. The van der Waals surface area contributed by atoms with Crippen LogP contribution in [0.3, 0.4) is 0 Å². The van der Waals surface area contributed by atoms with Gasteiger partial charge in [0.1, 0.15) is 5.69 Å². The van der Waals surface area contributed by atoms with Gasteiger partial charge in [-0.1, -0.05) is 6.92 Å². The van der Waals surface area contributed by atoms with Gasteiger partial charge in [0.15, 0.2) is 0 Å². The third-order valence-electron chi connectivity index (χ3n) is 2.74. The van der Waals surface area contributed by atoms with Crippen molar-refractivity contribution in [2.45, 2.75) is 26.3 Å². The molecule has 0 aromatic heterocycles. The average molecular weight is 298 g/mol. The van der Waals surface area contributed by atoms with Crippen LogP contribution in [0.15, 0.2) is 18.2 Å². The van der Waals surface area contributed by atoms with Crippen molar-refractivity contribution in [2.24, 2.45) is 0 Å². The number of nitrogens with zero attached hydrogens (tertiary/aromatic N) is 1. The summed E-state index contributed by atoms with van der Waals surface area (Å²) in [5, 5.41) is 22.9. The van der Waals surface area contributed by atoms with E-state index >= 15 is 0 Å². The van der Waals surface area contributed by atoms with Gasteiger partial charge in [0.05, 0.1) is 10.5 Å². The third-order valence-corrected chi connectivity index (χ3v) is 3.67. The van der Waals surface area contributed by atoms with Crippen molar-refractivity contribution in [1.82, 2.24) is 0 Å². The molecule has 20 heavy (non-hydrogen) atoms. The number of carboxylic acids is 1. The summed E-state index contributed by atoms with van der Waals surface area (Å²) >= 11 is 1.80. The Morgan fingerprint density at radius 1 is 1.55 bits per heavy atom. The molecule has 0 aliphatic heterocycles. The molecule has 2 N–H and O–H groups in total. The molecule has 1 aromatic rings. The summed E-state index contributed by atoms with van der Waals surface area (Å²) in [5.41, 5.74) is 0.183. The highest BCUT2D eigenvalue weighted by atomic mass is 32.2. The van der Waals surface area contributed by atoms with Crippen molar-refractivity contribution in [3.05, 3.63) is 33.9 Å². The lowest BCUT2D eigenvalue weighted by atomic mass is 10.1. The second-order valence-electron chi connectivity index (χ2n) is 4.33. The summed E-state index contributed by atoms with van der Waals surface area (Å²) in [5.74, 6) is 0.885. The Hall–Kier alpha value is -1.76. The second kappa shape index (κ2) is 7.74. The number of nitro groups is 1. The van der Waals surface area contributed by atoms with Crippen LogP contribution in [0.5, 0.6) is 0 Å². The molecule has 0 radical (unpaired) electrons. The summed E-state index contributed by atoms with van der Waals surface area (Å²) < 4.78 is 0. The molecular weight excluding hydrogens is 280 g/mol. The predicted octanol–water partition coefficient (Wildman–Crippen LogP) is 3.24. The van der Waals surface area contributed by atoms with Gasteiger partial charge >= 0.3 is 5.97 Å². The van der Waals surface area contributed by atoms with Crippen LogP contribution in [0.1, 0.15) is 30.6 Å². The van der Waals surface area contributed by atoms with E-state index in [1.165, 1.54) is 18.2 Å². The summed E-state index contributed by atoms with van der Waals surface area (Å²) in [4.78, 5) is 21.4. The zero-order valence-electron chi connectivity index (χ0n) is 11.5. The van der Waals surface area contributed by atoms with Gasteiger partial charge in [-0.05, 0) is 37.0 Å². The lowest BCUT2D eigenvalue weighted by Crippen LogP contribution is -2.17. The lowest BCUT2D eigenvalue weighted by molar-refractivity contribution is -0.384. The number of aromatic carboxylic acids is 1. The van der Waals surface area contributed by atoms with Crippen molar-refractivity contribution in [1.29, 1.82) is 0 Å². The van der Waals surface area contributed by atoms with Crippen LogP contribution in [0.4, 0.5) is 11.4 Å². The predicted molar refractivity (Wildman–Crippen MR) is 80.8 cm³/mol. The number of carboxylic acid groups (broad SMARTS) is 1. The minimum atomic E-state index is -1.10. The van der Waals surface area contributed by atoms with Crippen molar-refractivity contribution < 1.29 is 14.8 Å². The molecule has 0 saturated heterocycles. The van der Waals surface area contributed by atoms with Gasteiger partial charge in [-0.25, -0.2) is 4.79 Å². The number of nitro benzene ring substituents is 1. The summed E-state index contributed by atoms with van der Waals surface area (Å²) in [6, 6.07) is 3.81. The second-order valence-corrected chi connectivity index (χ2v) is 5.72. The van der Waals surface area contributed by atoms with E-state index < -0.39 is 10.9 Å². The Kier molecular flexibility index (Phi) is 6.30. The fraction of sp³-hybridized carbons (Fsp3) is 0.462. The molecule has 1 unspecified atom stereocenters. The quantitative estimate of drug-likeness (QED) is 0.435.